The van der Waals surface area contributed by atoms with E-state index in [0.29, 0.717) is 11.9 Å². The number of aromatic nitrogens is 5. The van der Waals surface area contributed by atoms with Gasteiger partial charge in [-0.3, -0.25) is 0 Å². The molecule has 0 fully saturated rings. The van der Waals surface area contributed by atoms with Crippen LogP contribution in [0.4, 0.5) is 5.95 Å². The van der Waals surface area contributed by atoms with Crippen LogP contribution < -0.4 is 5.32 Å². The third kappa shape index (κ3) is 2.93. The zero-order valence-corrected chi connectivity index (χ0v) is 10.5. The highest BCUT2D eigenvalue weighted by atomic mass is 35.5. The molecule has 0 aliphatic carbocycles. The second-order valence-corrected chi connectivity index (χ2v) is 3.95. The van der Waals surface area contributed by atoms with Gasteiger partial charge in [-0.05, 0) is 24.1 Å². The minimum atomic E-state index is -0.117. The van der Waals surface area contributed by atoms with Gasteiger partial charge < -0.3 is 10.4 Å². The van der Waals surface area contributed by atoms with Crippen LogP contribution in [0.5, 0.6) is 0 Å². The average Bonchev–Trinajstić information content (AvgIpc) is 2.89. The standard InChI is InChI=1S/C10H13ClN6O/c1-2-7(6-18)13-9-14-8(11)15-10(16-9)17-5-3-4-12-17/h3-5,7,18H,2,6H2,1H3,(H,13,14,15,16). The molecular formula is C10H13ClN6O. The lowest BCUT2D eigenvalue weighted by molar-refractivity contribution is 0.271. The number of rotatable bonds is 5. The van der Waals surface area contributed by atoms with Crippen molar-refractivity contribution in [2.45, 2.75) is 19.4 Å². The molecule has 1 unspecified atom stereocenters. The van der Waals surface area contributed by atoms with Crippen molar-refractivity contribution >= 4 is 17.5 Å². The van der Waals surface area contributed by atoms with Gasteiger partial charge in [0, 0.05) is 12.4 Å². The molecule has 0 spiro atoms. The number of aliphatic hydroxyl groups is 1. The van der Waals surface area contributed by atoms with Gasteiger partial charge in [-0.1, -0.05) is 6.92 Å². The molecule has 18 heavy (non-hydrogen) atoms. The van der Waals surface area contributed by atoms with E-state index >= 15 is 0 Å². The van der Waals surface area contributed by atoms with Gasteiger partial charge in [0.05, 0.1) is 12.6 Å². The molecule has 0 saturated carbocycles. The summed E-state index contributed by atoms with van der Waals surface area (Å²) in [5.41, 5.74) is 0. The third-order valence-corrected chi connectivity index (χ3v) is 2.52. The molecule has 0 aliphatic rings. The summed E-state index contributed by atoms with van der Waals surface area (Å²) in [6.45, 7) is 1.95. The van der Waals surface area contributed by atoms with E-state index in [1.807, 2.05) is 6.92 Å². The van der Waals surface area contributed by atoms with E-state index in [1.165, 1.54) is 4.68 Å². The highest BCUT2D eigenvalue weighted by Gasteiger charge is 2.10. The summed E-state index contributed by atoms with van der Waals surface area (Å²) in [5, 5.41) is 16.2. The minimum Gasteiger partial charge on any atom is -0.394 e. The highest BCUT2D eigenvalue weighted by Crippen LogP contribution is 2.10. The monoisotopic (exact) mass is 268 g/mol. The molecule has 7 nitrogen and oxygen atoms in total. The molecule has 0 amide bonds. The molecule has 0 aliphatic heterocycles. The number of halogens is 1. The molecule has 2 heterocycles. The van der Waals surface area contributed by atoms with Crippen molar-refractivity contribution in [2.24, 2.45) is 0 Å². The van der Waals surface area contributed by atoms with Crippen molar-refractivity contribution in [3.05, 3.63) is 23.7 Å². The van der Waals surface area contributed by atoms with Gasteiger partial charge in [0.2, 0.25) is 11.2 Å². The molecule has 2 rings (SSSR count). The van der Waals surface area contributed by atoms with E-state index in [2.05, 4.69) is 25.4 Å². The van der Waals surface area contributed by atoms with Crippen molar-refractivity contribution in [3.8, 4) is 5.95 Å². The van der Waals surface area contributed by atoms with Crippen molar-refractivity contribution in [1.29, 1.82) is 0 Å². The number of anilines is 1. The SMILES string of the molecule is CCC(CO)Nc1nc(Cl)nc(-n2cccn2)n1. The van der Waals surface area contributed by atoms with Crippen LogP contribution in [0.1, 0.15) is 13.3 Å². The van der Waals surface area contributed by atoms with Crippen molar-refractivity contribution in [1.82, 2.24) is 24.7 Å². The largest absolute Gasteiger partial charge is 0.394 e. The van der Waals surface area contributed by atoms with E-state index in [1.54, 1.807) is 18.5 Å². The van der Waals surface area contributed by atoms with Gasteiger partial charge in [-0.2, -0.15) is 20.1 Å². The Hall–Kier alpha value is -1.73. The van der Waals surface area contributed by atoms with Crippen molar-refractivity contribution in [3.63, 3.8) is 0 Å². The van der Waals surface area contributed by atoms with Crippen LogP contribution >= 0.6 is 11.6 Å². The first-order valence-electron chi connectivity index (χ1n) is 5.52. The summed E-state index contributed by atoms with van der Waals surface area (Å²) in [4.78, 5) is 12.1. The van der Waals surface area contributed by atoms with Crippen molar-refractivity contribution in [2.75, 3.05) is 11.9 Å². The predicted octanol–water partition coefficient (Wildman–Crippen LogP) is 0.893. The maximum atomic E-state index is 9.13. The molecule has 0 radical (unpaired) electrons. The van der Waals surface area contributed by atoms with Crippen LogP contribution in [-0.4, -0.2) is 42.5 Å². The first-order valence-corrected chi connectivity index (χ1v) is 5.89. The van der Waals surface area contributed by atoms with Crippen molar-refractivity contribution < 1.29 is 5.11 Å². The van der Waals surface area contributed by atoms with E-state index in [9.17, 15) is 0 Å². The van der Waals surface area contributed by atoms with E-state index < -0.39 is 0 Å². The number of hydrogen-bond donors (Lipinski definition) is 2. The number of nitrogens with one attached hydrogen (secondary N) is 1. The molecule has 2 aromatic rings. The number of aliphatic hydroxyl groups excluding tert-OH is 1. The summed E-state index contributed by atoms with van der Waals surface area (Å²) in [7, 11) is 0. The maximum Gasteiger partial charge on any atom is 0.256 e. The normalized spacial score (nSPS) is 12.4. The zero-order chi connectivity index (χ0) is 13.0. The fourth-order valence-corrected chi connectivity index (χ4v) is 1.51. The number of hydrogen-bond acceptors (Lipinski definition) is 6. The Morgan fingerprint density at radius 1 is 1.44 bits per heavy atom. The number of nitrogens with zero attached hydrogens (tertiary/aromatic N) is 5. The van der Waals surface area contributed by atoms with Gasteiger partial charge in [-0.15, -0.1) is 0 Å². The van der Waals surface area contributed by atoms with Crippen LogP contribution in [-0.2, 0) is 0 Å². The van der Waals surface area contributed by atoms with E-state index in [-0.39, 0.29) is 17.9 Å². The minimum absolute atomic E-state index is 0.00307. The second kappa shape index (κ2) is 5.74. The van der Waals surface area contributed by atoms with Crippen LogP contribution in [0, 0.1) is 0 Å². The Morgan fingerprint density at radius 3 is 2.89 bits per heavy atom. The lowest BCUT2D eigenvalue weighted by Gasteiger charge is -2.14. The van der Waals surface area contributed by atoms with Gasteiger partial charge in [0.15, 0.2) is 0 Å². The quantitative estimate of drug-likeness (QED) is 0.837. The zero-order valence-electron chi connectivity index (χ0n) is 9.78. The fourth-order valence-electron chi connectivity index (χ4n) is 1.35. The summed E-state index contributed by atoms with van der Waals surface area (Å²) in [6.07, 6.45) is 4.07. The summed E-state index contributed by atoms with van der Waals surface area (Å²) in [5.74, 6) is 0.650. The summed E-state index contributed by atoms with van der Waals surface area (Å²) >= 11 is 5.83. The molecule has 0 bridgehead atoms. The molecule has 1 atom stereocenters. The molecule has 0 saturated heterocycles. The smallest absolute Gasteiger partial charge is 0.256 e. The molecule has 96 valence electrons. The van der Waals surface area contributed by atoms with Crippen LogP contribution in [0.3, 0.4) is 0 Å². The Morgan fingerprint density at radius 2 is 2.28 bits per heavy atom. The molecule has 2 aromatic heterocycles. The van der Waals surface area contributed by atoms with Crippen LogP contribution in [0.15, 0.2) is 18.5 Å². The maximum absolute atomic E-state index is 9.13. The second-order valence-electron chi connectivity index (χ2n) is 3.61. The topological polar surface area (TPSA) is 88.8 Å². The summed E-state index contributed by atoms with van der Waals surface area (Å²) < 4.78 is 1.48. The van der Waals surface area contributed by atoms with E-state index in [4.69, 9.17) is 16.7 Å². The predicted molar refractivity (Wildman–Crippen MR) is 66.7 cm³/mol. The Bertz CT molecular complexity index is 499. The lowest BCUT2D eigenvalue weighted by Crippen LogP contribution is -2.24. The van der Waals surface area contributed by atoms with Crippen LogP contribution in [0.25, 0.3) is 5.95 Å². The average molecular weight is 269 g/mol. The van der Waals surface area contributed by atoms with E-state index in [0.717, 1.165) is 6.42 Å². The Balaban J connectivity index is 2.27. The lowest BCUT2D eigenvalue weighted by atomic mass is 10.2. The van der Waals surface area contributed by atoms with Gasteiger partial charge >= 0.3 is 0 Å². The van der Waals surface area contributed by atoms with Gasteiger partial charge in [-0.25, -0.2) is 4.68 Å². The van der Waals surface area contributed by atoms with Gasteiger partial charge in [0.1, 0.15) is 0 Å². The molecule has 8 heteroatoms. The Kier molecular flexibility index (Phi) is 4.06. The fraction of sp³-hybridized carbons (Fsp3) is 0.400. The molecule has 0 aromatic carbocycles. The molecule has 2 N–H and O–H groups in total. The van der Waals surface area contributed by atoms with Crippen LogP contribution in [0.2, 0.25) is 5.28 Å². The third-order valence-electron chi connectivity index (χ3n) is 2.35. The van der Waals surface area contributed by atoms with Gasteiger partial charge in [0.25, 0.3) is 5.95 Å². The highest BCUT2D eigenvalue weighted by molar-refractivity contribution is 6.28. The Labute approximate surface area is 109 Å². The molecular weight excluding hydrogens is 256 g/mol. The first-order chi connectivity index (χ1) is 8.72. The summed E-state index contributed by atoms with van der Waals surface area (Å²) in [6, 6.07) is 1.64. The first kappa shape index (κ1) is 12.7.